The minimum atomic E-state index is -1.12. The summed E-state index contributed by atoms with van der Waals surface area (Å²) in [7, 11) is 0. The van der Waals surface area contributed by atoms with E-state index in [4.69, 9.17) is 4.74 Å². The van der Waals surface area contributed by atoms with Crippen molar-refractivity contribution in [2.75, 3.05) is 13.2 Å². The van der Waals surface area contributed by atoms with Crippen molar-refractivity contribution in [2.24, 2.45) is 4.99 Å². The molecular formula is C10H15FN2O4S. The number of hydrogen-bond donors (Lipinski definition) is 4. The van der Waals surface area contributed by atoms with Crippen LogP contribution in [-0.2, 0) is 4.74 Å². The molecule has 3 fully saturated rings. The van der Waals surface area contributed by atoms with Gasteiger partial charge >= 0.3 is 0 Å². The van der Waals surface area contributed by atoms with Crippen LogP contribution in [0.25, 0.3) is 0 Å². The van der Waals surface area contributed by atoms with E-state index >= 15 is 0 Å². The molecule has 6 atom stereocenters. The van der Waals surface area contributed by atoms with Gasteiger partial charge in [0.15, 0.2) is 5.17 Å². The van der Waals surface area contributed by atoms with Gasteiger partial charge in [-0.15, -0.1) is 0 Å². The van der Waals surface area contributed by atoms with Crippen LogP contribution in [0.1, 0.15) is 6.42 Å². The number of alkyl halides is 1. The summed E-state index contributed by atoms with van der Waals surface area (Å²) in [6.45, 7) is -0.489. The lowest BCUT2D eigenvalue weighted by atomic mass is 9.96. The Morgan fingerprint density at radius 1 is 1.50 bits per heavy atom. The fourth-order valence-electron chi connectivity index (χ4n) is 2.46. The third kappa shape index (κ3) is 1.75. The van der Waals surface area contributed by atoms with Crippen LogP contribution in [0.5, 0.6) is 0 Å². The van der Waals surface area contributed by atoms with Gasteiger partial charge in [0.2, 0.25) is 0 Å². The van der Waals surface area contributed by atoms with Gasteiger partial charge in [-0.2, -0.15) is 0 Å². The molecule has 0 aromatic rings. The number of amidine groups is 1. The fourth-order valence-corrected chi connectivity index (χ4v) is 3.65. The van der Waals surface area contributed by atoms with Crippen LogP contribution >= 0.6 is 11.8 Å². The van der Waals surface area contributed by atoms with E-state index < -0.39 is 42.1 Å². The minimum Gasteiger partial charge on any atom is -0.390 e. The highest BCUT2D eigenvalue weighted by atomic mass is 32.2. The van der Waals surface area contributed by atoms with Gasteiger partial charge in [0.05, 0.1) is 18.7 Å². The minimum absolute atomic E-state index is 0.0567. The molecule has 3 rings (SSSR count). The third-order valence-electron chi connectivity index (χ3n) is 3.60. The summed E-state index contributed by atoms with van der Waals surface area (Å²) >= 11 is 1.25. The molecule has 0 bridgehead atoms. The largest absolute Gasteiger partial charge is 0.390 e. The number of aliphatic hydroxyl groups is 3. The molecule has 2 aliphatic heterocycles. The number of thioether (sulfide) groups is 1. The summed E-state index contributed by atoms with van der Waals surface area (Å²) in [5.41, 5.74) is -1.45. The lowest BCUT2D eigenvalue weighted by molar-refractivity contribution is -0.181. The first kappa shape index (κ1) is 12.6. The maximum absolute atomic E-state index is 12.0. The summed E-state index contributed by atoms with van der Waals surface area (Å²) in [4.78, 5) is 3.97. The van der Waals surface area contributed by atoms with Crippen molar-refractivity contribution in [2.45, 2.75) is 41.8 Å². The average Bonchev–Trinajstić information content (AvgIpc) is 2.81. The van der Waals surface area contributed by atoms with Crippen LogP contribution in [-0.4, -0.2) is 69.1 Å². The molecule has 3 aliphatic rings. The molecule has 1 aliphatic carbocycles. The second-order valence-electron chi connectivity index (χ2n) is 4.76. The van der Waals surface area contributed by atoms with Crippen molar-refractivity contribution < 1.29 is 24.4 Å². The van der Waals surface area contributed by atoms with Crippen molar-refractivity contribution in [3.8, 4) is 0 Å². The molecule has 4 N–H and O–H groups in total. The summed E-state index contributed by atoms with van der Waals surface area (Å²) < 4.78 is 17.7. The Labute approximate surface area is 107 Å². The molecule has 0 radical (unpaired) electrons. The monoisotopic (exact) mass is 278 g/mol. The SMILES string of the molecule is OC1C[C@@]12OC1SC(=NCCF)NC1[C@@H](O)[C@@H]2O. The maximum Gasteiger partial charge on any atom is 0.159 e. The smallest absolute Gasteiger partial charge is 0.159 e. The summed E-state index contributed by atoms with van der Waals surface area (Å²) in [6.07, 6.45) is -2.57. The van der Waals surface area contributed by atoms with E-state index in [0.29, 0.717) is 11.6 Å². The quantitative estimate of drug-likeness (QED) is 0.496. The highest BCUT2D eigenvalue weighted by Crippen LogP contribution is 2.51. The Morgan fingerprint density at radius 2 is 2.22 bits per heavy atom. The maximum atomic E-state index is 12.0. The zero-order valence-corrected chi connectivity index (χ0v) is 10.3. The van der Waals surface area contributed by atoms with Gasteiger partial charge in [-0.25, -0.2) is 4.39 Å². The second-order valence-corrected chi connectivity index (χ2v) is 5.85. The predicted octanol–water partition coefficient (Wildman–Crippen LogP) is -1.40. The Balaban J connectivity index is 1.75. The molecule has 3 unspecified atom stereocenters. The van der Waals surface area contributed by atoms with E-state index in [1.807, 2.05) is 0 Å². The number of nitrogens with zero attached hydrogens (tertiary/aromatic N) is 1. The van der Waals surface area contributed by atoms with E-state index in [0.717, 1.165) is 0 Å². The molecule has 1 saturated carbocycles. The molecule has 18 heavy (non-hydrogen) atoms. The van der Waals surface area contributed by atoms with E-state index in [9.17, 15) is 19.7 Å². The van der Waals surface area contributed by atoms with Gasteiger partial charge in [-0.1, -0.05) is 11.8 Å². The summed E-state index contributed by atoms with van der Waals surface area (Å²) in [5, 5.41) is 33.0. The molecule has 0 amide bonds. The van der Waals surface area contributed by atoms with Crippen molar-refractivity contribution >= 4 is 16.9 Å². The molecular weight excluding hydrogens is 263 g/mol. The number of ether oxygens (including phenoxy) is 1. The van der Waals surface area contributed by atoms with Gasteiger partial charge in [0, 0.05) is 6.42 Å². The van der Waals surface area contributed by atoms with Gasteiger partial charge in [-0.3, -0.25) is 4.99 Å². The molecule has 0 aromatic carbocycles. The zero-order chi connectivity index (χ0) is 12.9. The Morgan fingerprint density at radius 3 is 2.83 bits per heavy atom. The third-order valence-corrected chi connectivity index (χ3v) is 4.69. The molecule has 1 spiro atoms. The van der Waals surface area contributed by atoms with Crippen molar-refractivity contribution in [3.63, 3.8) is 0 Å². The number of fused-ring (bicyclic) bond motifs is 1. The highest BCUT2D eigenvalue weighted by Gasteiger charge is 2.68. The predicted molar refractivity (Wildman–Crippen MR) is 63.0 cm³/mol. The zero-order valence-electron chi connectivity index (χ0n) is 9.49. The molecule has 6 nitrogen and oxygen atoms in total. The average molecular weight is 278 g/mol. The van der Waals surface area contributed by atoms with Gasteiger partial charge in [0.25, 0.3) is 0 Å². The van der Waals surface area contributed by atoms with Crippen molar-refractivity contribution in [1.82, 2.24) is 5.32 Å². The van der Waals surface area contributed by atoms with Gasteiger partial charge < -0.3 is 25.4 Å². The molecule has 0 aromatic heterocycles. The van der Waals surface area contributed by atoms with Crippen LogP contribution in [0.4, 0.5) is 4.39 Å². The number of aliphatic hydroxyl groups excluding tert-OH is 3. The molecule has 2 heterocycles. The first-order chi connectivity index (χ1) is 8.58. The number of nitrogens with one attached hydrogen (secondary N) is 1. The van der Waals surface area contributed by atoms with Gasteiger partial charge in [-0.05, 0) is 0 Å². The second kappa shape index (κ2) is 4.31. The Bertz CT molecular complexity index is 385. The van der Waals surface area contributed by atoms with E-state index in [1.165, 1.54) is 11.8 Å². The summed E-state index contributed by atoms with van der Waals surface area (Å²) in [5.74, 6) is 0. The van der Waals surface area contributed by atoms with Crippen LogP contribution in [0.3, 0.4) is 0 Å². The topological polar surface area (TPSA) is 94.3 Å². The van der Waals surface area contributed by atoms with E-state index in [1.54, 1.807) is 0 Å². The first-order valence-corrected chi connectivity index (χ1v) is 6.72. The molecule has 8 heteroatoms. The van der Waals surface area contributed by atoms with Crippen molar-refractivity contribution in [1.29, 1.82) is 0 Å². The number of aliphatic imine (C=N–C) groups is 1. The molecule has 2 saturated heterocycles. The number of halogens is 1. The van der Waals surface area contributed by atoms with Crippen molar-refractivity contribution in [3.05, 3.63) is 0 Å². The van der Waals surface area contributed by atoms with E-state index in [2.05, 4.69) is 10.3 Å². The van der Waals surface area contributed by atoms with Crippen LogP contribution in [0.15, 0.2) is 4.99 Å². The number of hydrogen-bond acceptors (Lipinski definition) is 6. The fraction of sp³-hybridized carbons (Fsp3) is 0.900. The molecule has 102 valence electrons. The highest BCUT2D eigenvalue weighted by molar-refractivity contribution is 8.14. The first-order valence-electron chi connectivity index (χ1n) is 5.84. The normalized spacial score (nSPS) is 52.4. The van der Waals surface area contributed by atoms with Crippen LogP contribution < -0.4 is 5.32 Å². The Hall–Kier alpha value is -0.410. The van der Waals surface area contributed by atoms with Gasteiger partial charge in [0.1, 0.15) is 29.9 Å². The van der Waals surface area contributed by atoms with Crippen LogP contribution in [0, 0.1) is 0 Å². The lowest BCUT2D eigenvalue weighted by Gasteiger charge is -2.39. The lowest BCUT2D eigenvalue weighted by Crippen LogP contribution is -2.61. The van der Waals surface area contributed by atoms with E-state index in [-0.39, 0.29) is 6.54 Å². The Kier molecular flexibility index (Phi) is 3.02. The van der Waals surface area contributed by atoms with Crippen LogP contribution in [0.2, 0.25) is 0 Å². The standard InChI is InChI=1S/C10H15FN2O4S/c11-1-2-12-9-13-5-6(15)7(16)10(3-4(10)14)17-8(5)18-9/h4-8,14-16H,1-3H2,(H,12,13)/t4?,5?,6-,7+,8?,10-/m1/s1. The number of rotatable bonds is 2. The summed E-state index contributed by atoms with van der Waals surface area (Å²) in [6, 6.07) is -0.484.